The van der Waals surface area contributed by atoms with Crippen molar-refractivity contribution < 1.29 is 13.5 Å². The summed E-state index contributed by atoms with van der Waals surface area (Å²) < 4.78 is 27.7. The van der Waals surface area contributed by atoms with Crippen molar-refractivity contribution in [1.82, 2.24) is 14.6 Å². The second-order valence-corrected chi connectivity index (χ2v) is 7.47. The molecule has 1 aliphatic heterocycles. The summed E-state index contributed by atoms with van der Waals surface area (Å²) >= 11 is 0. The third-order valence-electron chi connectivity index (χ3n) is 4.07. The number of hydrogen-bond donors (Lipinski definition) is 2. The Morgan fingerprint density at radius 3 is 2.91 bits per heavy atom. The molecule has 0 spiro atoms. The summed E-state index contributed by atoms with van der Waals surface area (Å²) in [4.78, 5) is 4.13. The van der Waals surface area contributed by atoms with Gasteiger partial charge < -0.3 is 10.4 Å². The van der Waals surface area contributed by atoms with Crippen molar-refractivity contribution in [2.24, 2.45) is 0 Å². The van der Waals surface area contributed by atoms with Crippen molar-refractivity contribution in [3.63, 3.8) is 0 Å². The van der Waals surface area contributed by atoms with E-state index in [2.05, 4.69) is 10.3 Å². The van der Waals surface area contributed by atoms with E-state index in [0.29, 0.717) is 30.4 Å². The SMILES string of the molecule is Cc1cnc(O)c2cccc(S(=O)(=O)N3CCNCC3C)c12. The van der Waals surface area contributed by atoms with Crippen LogP contribution in [-0.4, -0.2) is 48.5 Å². The lowest BCUT2D eigenvalue weighted by atomic mass is 10.1. The standard InChI is InChI=1S/C15H19N3O3S/c1-10-8-17-15(19)12-4-3-5-13(14(10)12)22(20,21)18-7-6-16-9-11(18)2/h3-5,8,11,16H,6-7,9H2,1-2H3,(H,17,19). The maximum atomic E-state index is 13.1. The maximum Gasteiger partial charge on any atom is 0.244 e. The number of nitrogens with one attached hydrogen (secondary N) is 1. The molecule has 22 heavy (non-hydrogen) atoms. The number of fused-ring (bicyclic) bond motifs is 1. The molecule has 3 rings (SSSR count). The Balaban J connectivity index is 2.23. The molecule has 1 aromatic carbocycles. The van der Waals surface area contributed by atoms with Gasteiger partial charge in [-0.3, -0.25) is 0 Å². The Morgan fingerprint density at radius 2 is 2.18 bits per heavy atom. The Bertz CT molecular complexity index is 820. The van der Waals surface area contributed by atoms with Gasteiger partial charge in [0.1, 0.15) is 0 Å². The van der Waals surface area contributed by atoms with E-state index in [-0.39, 0.29) is 16.8 Å². The lowest BCUT2D eigenvalue weighted by molar-refractivity contribution is 0.284. The van der Waals surface area contributed by atoms with Crippen molar-refractivity contribution in [2.45, 2.75) is 24.8 Å². The van der Waals surface area contributed by atoms with E-state index >= 15 is 0 Å². The van der Waals surface area contributed by atoms with E-state index < -0.39 is 10.0 Å². The first-order chi connectivity index (χ1) is 10.4. The van der Waals surface area contributed by atoms with Gasteiger partial charge in [0.05, 0.1) is 4.90 Å². The van der Waals surface area contributed by atoms with Crippen molar-refractivity contribution in [3.8, 4) is 5.88 Å². The third kappa shape index (κ3) is 2.35. The fraction of sp³-hybridized carbons (Fsp3) is 0.400. The molecular weight excluding hydrogens is 302 g/mol. The number of benzene rings is 1. The molecule has 1 unspecified atom stereocenters. The van der Waals surface area contributed by atoms with Crippen LogP contribution in [0.4, 0.5) is 0 Å². The molecule has 6 nitrogen and oxygen atoms in total. The van der Waals surface area contributed by atoms with E-state index in [1.54, 1.807) is 25.1 Å². The van der Waals surface area contributed by atoms with Gasteiger partial charge in [-0.1, -0.05) is 6.07 Å². The average Bonchev–Trinajstić information content (AvgIpc) is 2.51. The molecule has 1 fully saturated rings. The molecule has 0 amide bonds. The number of piperazine rings is 1. The highest BCUT2D eigenvalue weighted by atomic mass is 32.2. The fourth-order valence-electron chi connectivity index (χ4n) is 2.94. The summed E-state index contributed by atoms with van der Waals surface area (Å²) in [5.41, 5.74) is 0.731. The zero-order valence-corrected chi connectivity index (χ0v) is 13.4. The topological polar surface area (TPSA) is 82.5 Å². The van der Waals surface area contributed by atoms with E-state index in [4.69, 9.17) is 0 Å². The molecule has 1 aliphatic rings. The minimum atomic E-state index is -3.62. The van der Waals surface area contributed by atoms with Crippen LogP contribution in [0.2, 0.25) is 0 Å². The Kier molecular flexibility index (Phi) is 3.80. The molecule has 1 saturated heterocycles. The molecule has 2 heterocycles. The van der Waals surface area contributed by atoms with Crippen LogP contribution in [0.1, 0.15) is 12.5 Å². The number of aromatic nitrogens is 1. The van der Waals surface area contributed by atoms with Gasteiger partial charge in [0, 0.05) is 42.6 Å². The first kappa shape index (κ1) is 15.2. The van der Waals surface area contributed by atoms with E-state index in [1.165, 1.54) is 10.5 Å². The van der Waals surface area contributed by atoms with Crippen molar-refractivity contribution in [3.05, 3.63) is 30.0 Å². The summed E-state index contributed by atoms with van der Waals surface area (Å²) in [6.45, 7) is 5.40. The Labute approximate surface area is 129 Å². The fourth-order valence-corrected chi connectivity index (χ4v) is 4.85. The predicted molar refractivity (Wildman–Crippen MR) is 84.4 cm³/mol. The molecule has 7 heteroatoms. The molecule has 2 aromatic rings. The minimum Gasteiger partial charge on any atom is -0.493 e. The molecular formula is C15H19N3O3S. The van der Waals surface area contributed by atoms with Gasteiger partial charge in [0.15, 0.2) is 0 Å². The van der Waals surface area contributed by atoms with Gasteiger partial charge >= 0.3 is 0 Å². The van der Waals surface area contributed by atoms with Crippen LogP contribution in [0.15, 0.2) is 29.3 Å². The maximum absolute atomic E-state index is 13.1. The highest BCUT2D eigenvalue weighted by Crippen LogP contribution is 2.32. The summed E-state index contributed by atoms with van der Waals surface area (Å²) in [5, 5.41) is 14.1. The molecule has 1 aromatic heterocycles. The first-order valence-electron chi connectivity index (χ1n) is 7.23. The van der Waals surface area contributed by atoms with Crippen LogP contribution in [0.5, 0.6) is 5.88 Å². The van der Waals surface area contributed by atoms with E-state index in [1.807, 2.05) is 6.92 Å². The highest BCUT2D eigenvalue weighted by molar-refractivity contribution is 7.89. The second kappa shape index (κ2) is 5.49. The summed E-state index contributed by atoms with van der Waals surface area (Å²) in [5.74, 6) is -0.147. The van der Waals surface area contributed by atoms with Crippen LogP contribution in [0, 0.1) is 6.92 Å². The Morgan fingerprint density at radius 1 is 1.41 bits per heavy atom. The number of aromatic hydroxyl groups is 1. The molecule has 0 bridgehead atoms. The van der Waals surface area contributed by atoms with Gasteiger partial charge in [-0.05, 0) is 31.5 Å². The van der Waals surface area contributed by atoms with Crippen molar-refractivity contribution in [1.29, 1.82) is 0 Å². The third-order valence-corrected chi connectivity index (χ3v) is 6.12. The largest absolute Gasteiger partial charge is 0.493 e. The normalized spacial score (nSPS) is 20.4. The minimum absolute atomic E-state index is 0.107. The van der Waals surface area contributed by atoms with Crippen molar-refractivity contribution >= 4 is 20.8 Å². The first-order valence-corrected chi connectivity index (χ1v) is 8.67. The van der Waals surface area contributed by atoms with Crippen LogP contribution >= 0.6 is 0 Å². The van der Waals surface area contributed by atoms with Gasteiger partial charge in [0.25, 0.3) is 0 Å². The van der Waals surface area contributed by atoms with Crippen LogP contribution in [0.3, 0.4) is 0 Å². The second-order valence-electron chi connectivity index (χ2n) is 5.61. The molecule has 118 valence electrons. The summed E-state index contributed by atoms with van der Waals surface area (Å²) in [6.07, 6.45) is 1.50. The number of aryl methyl sites for hydroxylation is 1. The van der Waals surface area contributed by atoms with E-state index in [0.717, 1.165) is 5.56 Å². The van der Waals surface area contributed by atoms with Gasteiger partial charge in [-0.2, -0.15) is 4.31 Å². The molecule has 0 radical (unpaired) electrons. The summed E-state index contributed by atoms with van der Waals surface area (Å²) in [6, 6.07) is 4.82. The molecule has 2 N–H and O–H groups in total. The molecule has 1 atom stereocenters. The quantitative estimate of drug-likeness (QED) is 0.869. The van der Waals surface area contributed by atoms with Gasteiger partial charge in [0.2, 0.25) is 15.9 Å². The number of rotatable bonds is 2. The number of hydrogen-bond acceptors (Lipinski definition) is 5. The van der Waals surface area contributed by atoms with Crippen LogP contribution < -0.4 is 5.32 Å². The molecule has 0 aliphatic carbocycles. The lowest BCUT2D eigenvalue weighted by Gasteiger charge is -2.33. The molecule has 0 saturated carbocycles. The summed E-state index contributed by atoms with van der Waals surface area (Å²) in [7, 11) is -3.62. The van der Waals surface area contributed by atoms with E-state index in [9.17, 15) is 13.5 Å². The highest BCUT2D eigenvalue weighted by Gasteiger charge is 2.32. The van der Waals surface area contributed by atoms with Gasteiger partial charge in [-0.15, -0.1) is 0 Å². The monoisotopic (exact) mass is 321 g/mol. The van der Waals surface area contributed by atoms with Crippen molar-refractivity contribution in [2.75, 3.05) is 19.6 Å². The average molecular weight is 321 g/mol. The predicted octanol–water partition coefficient (Wildman–Crippen LogP) is 1.23. The smallest absolute Gasteiger partial charge is 0.244 e. The number of sulfonamides is 1. The van der Waals surface area contributed by atoms with Crippen LogP contribution in [0.25, 0.3) is 10.8 Å². The zero-order chi connectivity index (χ0) is 15.9. The number of pyridine rings is 1. The number of nitrogens with zero attached hydrogens (tertiary/aromatic N) is 2. The zero-order valence-electron chi connectivity index (χ0n) is 12.6. The van der Waals surface area contributed by atoms with Crippen LogP contribution in [-0.2, 0) is 10.0 Å². The Hall–Kier alpha value is -1.70. The van der Waals surface area contributed by atoms with Gasteiger partial charge in [-0.25, -0.2) is 13.4 Å². The lowest BCUT2D eigenvalue weighted by Crippen LogP contribution is -2.52.